The summed E-state index contributed by atoms with van der Waals surface area (Å²) in [5, 5.41) is 2.64. The fraction of sp³-hybridized carbons (Fsp3) is 0.176. The zero-order valence-electron chi connectivity index (χ0n) is 12.6. The molecule has 0 radical (unpaired) electrons. The average molecular weight is 335 g/mol. The van der Waals surface area contributed by atoms with E-state index in [1.165, 1.54) is 7.11 Å². The summed E-state index contributed by atoms with van der Waals surface area (Å²) in [7, 11) is 1.28. The van der Waals surface area contributed by atoms with Gasteiger partial charge >= 0.3 is 5.97 Å². The van der Waals surface area contributed by atoms with Crippen LogP contribution in [0, 0.1) is 0 Å². The molecule has 2 atom stereocenters. The van der Waals surface area contributed by atoms with E-state index in [0.29, 0.717) is 11.1 Å². The van der Waals surface area contributed by atoms with Gasteiger partial charge in [0.1, 0.15) is 6.04 Å². The van der Waals surface area contributed by atoms with Crippen LogP contribution in [0.5, 0.6) is 0 Å². The van der Waals surface area contributed by atoms with Gasteiger partial charge in [0.2, 0.25) is 5.91 Å². The van der Waals surface area contributed by atoms with Gasteiger partial charge in [0.15, 0.2) is 6.04 Å². The summed E-state index contributed by atoms with van der Waals surface area (Å²) in [5.74, 6) is -0.981. The lowest BCUT2D eigenvalue weighted by atomic mass is 10.0. The molecular weight excluding hydrogens is 316 g/mol. The van der Waals surface area contributed by atoms with Gasteiger partial charge in [-0.25, -0.2) is 4.79 Å². The van der Waals surface area contributed by atoms with Gasteiger partial charge in [-0.2, -0.15) is 0 Å². The molecule has 0 aliphatic heterocycles. The number of methoxy groups -OCH3 is 1. The molecule has 2 aromatic rings. The SMILES string of the molecule is COC(=O)[C@@H](NC(=O)[C@@H](N)c1ccccc1)c1ccccc1.Cl. The fourth-order valence-electron chi connectivity index (χ4n) is 2.09. The van der Waals surface area contributed by atoms with Crippen LogP contribution >= 0.6 is 12.4 Å². The van der Waals surface area contributed by atoms with Crippen LogP contribution in [0.3, 0.4) is 0 Å². The van der Waals surface area contributed by atoms with Crippen LogP contribution in [-0.4, -0.2) is 19.0 Å². The molecule has 0 aromatic heterocycles. The van der Waals surface area contributed by atoms with E-state index in [9.17, 15) is 9.59 Å². The lowest BCUT2D eigenvalue weighted by Gasteiger charge is -2.19. The zero-order chi connectivity index (χ0) is 15.9. The number of hydrogen-bond donors (Lipinski definition) is 2. The Kier molecular flexibility index (Phi) is 7.25. The van der Waals surface area contributed by atoms with Crippen molar-refractivity contribution in [2.45, 2.75) is 12.1 Å². The van der Waals surface area contributed by atoms with E-state index in [-0.39, 0.29) is 12.4 Å². The van der Waals surface area contributed by atoms with Crippen LogP contribution in [0.25, 0.3) is 0 Å². The van der Waals surface area contributed by atoms with Crippen molar-refractivity contribution in [1.29, 1.82) is 0 Å². The van der Waals surface area contributed by atoms with Crippen LogP contribution in [0.2, 0.25) is 0 Å². The number of hydrogen-bond acceptors (Lipinski definition) is 4. The first-order valence-corrected chi connectivity index (χ1v) is 6.87. The number of halogens is 1. The molecule has 2 rings (SSSR count). The number of rotatable bonds is 5. The number of carbonyl (C=O) groups is 2. The molecule has 1 amide bonds. The topological polar surface area (TPSA) is 81.4 Å². The molecular formula is C17H19ClN2O3. The number of ether oxygens (including phenoxy) is 1. The number of carbonyl (C=O) groups excluding carboxylic acids is 2. The Morgan fingerprint density at radius 3 is 1.91 bits per heavy atom. The smallest absolute Gasteiger partial charge is 0.333 e. The Morgan fingerprint density at radius 2 is 1.43 bits per heavy atom. The molecule has 0 aliphatic rings. The third kappa shape index (κ3) is 4.81. The summed E-state index contributed by atoms with van der Waals surface area (Å²) < 4.78 is 4.76. The quantitative estimate of drug-likeness (QED) is 0.821. The maximum absolute atomic E-state index is 12.3. The van der Waals surface area contributed by atoms with E-state index in [0.717, 1.165) is 0 Å². The molecule has 0 heterocycles. The fourth-order valence-corrected chi connectivity index (χ4v) is 2.09. The summed E-state index contributed by atoms with van der Waals surface area (Å²) in [4.78, 5) is 24.2. The van der Waals surface area contributed by atoms with Crippen molar-refractivity contribution >= 4 is 24.3 Å². The van der Waals surface area contributed by atoms with Crippen molar-refractivity contribution in [1.82, 2.24) is 5.32 Å². The summed E-state index contributed by atoms with van der Waals surface area (Å²) in [6.07, 6.45) is 0. The molecule has 5 nitrogen and oxygen atoms in total. The number of nitrogens with one attached hydrogen (secondary N) is 1. The van der Waals surface area contributed by atoms with Gasteiger partial charge in [-0.15, -0.1) is 12.4 Å². The van der Waals surface area contributed by atoms with Crippen LogP contribution in [0.4, 0.5) is 0 Å². The molecule has 0 aliphatic carbocycles. The van der Waals surface area contributed by atoms with Gasteiger partial charge in [0.05, 0.1) is 7.11 Å². The maximum atomic E-state index is 12.3. The molecule has 0 saturated carbocycles. The zero-order valence-corrected chi connectivity index (χ0v) is 13.5. The second-order valence-electron chi connectivity index (χ2n) is 4.76. The first kappa shape index (κ1) is 18.7. The van der Waals surface area contributed by atoms with Crippen LogP contribution in [0.15, 0.2) is 60.7 Å². The molecule has 6 heteroatoms. The summed E-state index contributed by atoms with van der Waals surface area (Å²) in [6.45, 7) is 0. The number of esters is 1. The Balaban J connectivity index is 0.00000264. The van der Waals surface area contributed by atoms with Gasteiger partial charge in [0, 0.05) is 0 Å². The minimum atomic E-state index is -0.881. The van der Waals surface area contributed by atoms with E-state index in [4.69, 9.17) is 10.5 Å². The molecule has 3 N–H and O–H groups in total. The molecule has 2 aromatic carbocycles. The van der Waals surface area contributed by atoms with E-state index in [1.54, 1.807) is 48.5 Å². The predicted octanol–water partition coefficient (Wildman–Crippen LogP) is 2.14. The van der Waals surface area contributed by atoms with Crippen molar-refractivity contribution in [2.75, 3.05) is 7.11 Å². The number of nitrogens with two attached hydrogens (primary N) is 1. The maximum Gasteiger partial charge on any atom is 0.333 e. The van der Waals surface area contributed by atoms with Gasteiger partial charge in [-0.3, -0.25) is 4.79 Å². The van der Waals surface area contributed by atoms with E-state index < -0.39 is 24.0 Å². The molecule has 23 heavy (non-hydrogen) atoms. The summed E-state index contributed by atoms with van der Waals surface area (Å²) >= 11 is 0. The number of amides is 1. The molecule has 0 saturated heterocycles. The van der Waals surface area contributed by atoms with E-state index in [1.807, 2.05) is 12.1 Å². The highest BCUT2D eigenvalue weighted by atomic mass is 35.5. The Morgan fingerprint density at radius 1 is 0.957 bits per heavy atom. The lowest BCUT2D eigenvalue weighted by molar-refractivity contribution is -0.145. The second kappa shape index (κ2) is 8.92. The van der Waals surface area contributed by atoms with Crippen LogP contribution < -0.4 is 11.1 Å². The predicted molar refractivity (Wildman–Crippen MR) is 90.0 cm³/mol. The highest BCUT2D eigenvalue weighted by molar-refractivity contribution is 5.88. The Hall–Kier alpha value is -2.37. The van der Waals surface area contributed by atoms with Gasteiger partial charge in [-0.05, 0) is 11.1 Å². The Bertz CT molecular complexity index is 635. The van der Waals surface area contributed by atoms with Gasteiger partial charge in [-0.1, -0.05) is 60.7 Å². The van der Waals surface area contributed by atoms with Gasteiger partial charge < -0.3 is 15.8 Å². The van der Waals surface area contributed by atoms with Crippen molar-refractivity contribution in [3.63, 3.8) is 0 Å². The van der Waals surface area contributed by atoms with Crippen molar-refractivity contribution < 1.29 is 14.3 Å². The molecule has 122 valence electrons. The van der Waals surface area contributed by atoms with Crippen molar-refractivity contribution in [3.8, 4) is 0 Å². The first-order valence-electron chi connectivity index (χ1n) is 6.87. The minimum absolute atomic E-state index is 0. The van der Waals surface area contributed by atoms with Gasteiger partial charge in [0.25, 0.3) is 0 Å². The molecule has 0 unspecified atom stereocenters. The Labute approximate surface area is 141 Å². The normalized spacial score (nSPS) is 12.4. The molecule has 0 bridgehead atoms. The standard InChI is InChI=1S/C17H18N2O3.ClH/c1-22-17(21)15(13-10-6-3-7-11-13)19-16(20)14(18)12-8-4-2-5-9-12;/h2-11,14-15H,18H2,1H3,(H,19,20);1H/t14-,15-;/m0./s1. The summed E-state index contributed by atoms with van der Waals surface area (Å²) in [5.41, 5.74) is 7.26. The summed E-state index contributed by atoms with van der Waals surface area (Å²) in [6, 6.07) is 16.1. The molecule has 0 spiro atoms. The average Bonchev–Trinajstić information content (AvgIpc) is 2.59. The van der Waals surface area contributed by atoms with Crippen LogP contribution in [0.1, 0.15) is 23.2 Å². The highest BCUT2D eigenvalue weighted by Gasteiger charge is 2.26. The third-order valence-electron chi connectivity index (χ3n) is 3.30. The lowest BCUT2D eigenvalue weighted by Crippen LogP contribution is -2.40. The monoisotopic (exact) mass is 334 g/mol. The van der Waals surface area contributed by atoms with Crippen molar-refractivity contribution in [3.05, 3.63) is 71.8 Å². The van der Waals surface area contributed by atoms with E-state index >= 15 is 0 Å². The van der Waals surface area contributed by atoms with Crippen molar-refractivity contribution in [2.24, 2.45) is 5.73 Å². The largest absolute Gasteiger partial charge is 0.467 e. The third-order valence-corrected chi connectivity index (χ3v) is 3.30. The second-order valence-corrected chi connectivity index (χ2v) is 4.76. The van der Waals surface area contributed by atoms with Crippen LogP contribution in [-0.2, 0) is 14.3 Å². The number of benzene rings is 2. The minimum Gasteiger partial charge on any atom is -0.467 e. The molecule has 0 fully saturated rings. The highest BCUT2D eigenvalue weighted by Crippen LogP contribution is 2.17. The first-order chi connectivity index (χ1) is 10.6. The van der Waals surface area contributed by atoms with E-state index in [2.05, 4.69) is 5.32 Å².